The molecule has 0 bridgehead atoms. The summed E-state index contributed by atoms with van der Waals surface area (Å²) < 4.78 is 6.11. The number of esters is 1. The van der Waals surface area contributed by atoms with E-state index in [0.717, 1.165) is 20.8 Å². The molecule has 1 aromatic heterocycles. The molecule has 0 aliphatic heterocycles. The molecule has 4 heteroatoms. The Hall–Kier alpha value is -2.20. The second kappa shape index (κ2) is 5.06. The Morgan fingerprint density at radius 3 is 2.60 bits per heavy atom. The predicted molar refractivity (Wildman–Crippen MR) is 81.1 cm³/mol. The number of aromatic nitrogens is 1. The second-order valence-electron chi connectivity index (χ2n) is 4.61. The van der Waals surface area contributed by atoms with E-state index in [0.29, 0.717) is 5.75 Å². The number of aryl methyl sites for hydroxylation is 1. The van der Waals surface area contributed by atoms with Crippen LogP contribution in [-0.2, 0) is 4.79 Å². The number of hydrogen-bond acceptors (Lipinski definition) is 4. The molecule has 0 fully saturated rings. The van der Waals surface area contributed by atoms with Crippen molar-refractivity contribution in [3.8, 4) is 16.3 Å². The van der Waals surface area contributed by atoms with Crippen LogP contribution in [0.2, 0.25) is 0 Å². The highest BCUT2D eigenvalue weighted by molar-refractivity contribution is 7.21. The van der Waals surface area contributed by atoms with E-state index in [1.54, 1.807) is 17.4 Å². The lowest BCUT2D eigenvalue weighted by atomic mass is 10.2. The Labute approximate surface area is 120 Å². The van der Waals surface area contributed by atoms with Crippen LogP contribution < -0.4 is 4.74 Å². The molecule has 0 saturated carbocycles. The number of hydrogen-bond donors (Lipinski definition) is 0. The lowest BCUT2D eigenvalue weighted by Gasteiger charge is -1.99. The summed E-state index contributed by atoms with van der Waals surface area (Å²) in [6.45, 7) is 3.46. The van der Waals surface area contributed by atoms with E-state index < -0.39 is 0 Å². The first-order valence-corrected chi connectivity index (χ1v) is 7.09. The number of ether oxygens (including phenoxy) is 1. The minimum atomic E-state index is -0.312. The molecule has 3 aromatic rings. The molecule has 3 rings (SSSR count). The van der Waals surface area contributed by atoms with Crippen LogP contribution in [0.5, 0.6) is 5.75 Å². The van der Waals surface area contributed by atoms with Gasteiger partial charge in [0.2, 0.25) is 0 Å². The summed E-state index contributed by atoms with van der Waals surface area (Å²) in [7, 11) is 0. The van der Waals surface area contributed by atoms with E-state index in [9.17, 15) is 4.79 Å². The average molecular weight is 283 g/mol. The minimum absolute atomic E-state index is 0.312. The van der Waals surface area contributed by atoms with Crippen molar-refractivity contribution in [2.24, 2.45) is 0 Å². The third-order valence-corrected chi connectivity index (χ3v) is 3.99. The summed E-state index contributed by atoms with van der Waals surface area (Å²) in [6, 6.07) is 13.8. The highest BCUT2D eigenvalue weighted by Crippen LogP contribution is 2.32. The standard InChI is InChI=1S/C16H13NO2S/c1-10-3-5-12(6-4-10)16-17-14-8-7-13(19-11(2)18)9-15(14)20-16/h3-9H,1-2H3. The summed E-state index contributed by atoms with van der Waals surface area (Å²) >= 11 is 1.60. The molecular formula is C16H13NO2S. The molecule has 2 aromatic carbocycles. The van der Waals surface area contributed by atoms with Crippen molar-refractivity contribution in [1.82, 2.24) is 4.98 Å². The SMILES string of the molecule is CC(=O)Oc1ccc2nc(-c3ccc(C)cc3)sc2c1. The predicted octanol–water partition coefficient (Wildman–Crippen LogP) is 4.20. The van der Waals surface area contributed by atoms with Crippen molar-refractivity contribution >= 4 is 27.5 Å². The van der Waals surface area contributed by atoms with Crippen LogP contribution in [0.25, 0.3) is 20.8 Å². The quantitative estimate of drug-likeness (QED) is 0.522. The summed E-state index contributed by atoms with van der Waals surface area (Å²) in [5.41, 5.74) is 3.25. The van der Waals surface area contributed by atoms with Crippen LogP contribution in [0.15, 0.2) is 42.5 Å². The summed E-state index contributed by atoms with van der Waals surface area (Å²) in [6.07, 6.45) is 0. The average Bonchev–Trinajstić information content (AvgIpc) is 2.81. The number of benzene rings is 2. The molecule has 20 heavy (non-hydrogen) atoms. The van der Waals surface area contributed by atoms with Gasteiger partial charge in [-0.25, -0.2) is 4.98 Å². The van der Waals surface area contributed by atoms with Crippen LogP contribution in [0.4, 0.5) is 0 Å². The van der Waals surface area contributed by atoms with Crippen molar-refractivity contribution in [1.29, 1.82) is 0 Å². The molecule has 0 aliphatic rings. The molecule has 0 radical (unpaired) electrons. The van der Waals surface area contributed by atoms with Gasteiger partial charge in [-0.3, -0.25) is 4.79 Å². The summed E-state index contributed by atoms with van der Waals surface area (Å²) in [5, 5.41) is 0.972. The minimum Gasteiger partial charge on any atom is -0.427 e. The number of rotatable bonds is 2. The third-order valence-electron chi connectivity index (χ3n) is 2.92. The van der Waals surface area contributed by atoms with E-state index in [1.165, 1.54) is 12.5 Å². The van der Waals surface area contributed by atoms with Crippen molar-refractivity contribution in [3.63, 3.8) is 0 Å². The van der Waals surface area contributed by atoms with Gasteiger partial charge in [0.05, 0.1) is 10.2 Å². The first kappa shape index (κ1) is 12.8. The van der Waals surface area contributed by atoms with Gasteiger partial charge in [0.1, 0.15) is 10.8 Å². The molecule has 3 nitrogen and oxygen atoms in total. The fourth-order valence-corrected chi connectivity index (χ4v) is 2.95. The van der Waals surface area contributed by atoms with Crippen LogP contribution in [0.1, 0.15) is 12.5 Å². The Morgan fingerprint density at radius 2 is 1.90 bits per heavy atom. The largest absolute Gasteiger partial charge is 0.427 e. The monoisotopic (exact) mass is 283 g/mol. The first-order chi connectivity index (χ1) is 9.61. The molecule has 0 atom stereocenters. The van der Waals surface area contributed by atoms with Crippen molar-refractivity contribution in [2.45, 2.75) is 13.8 Å². The van der Waals surface area contributed by atoms with Crippen LogP contribution in [-0.4, -0.2) is 11.0 Å². The smallest absolute Gasteiger partial charge is 0.308 e. The molecule has 0 aliphatic carbocycles. The lowest BCUT2D eigenvalue weighted by molar-refractivity contribution is -0.131. The van der Waals surface area contributed by atoms with Gasteiger partial charge in [0.15, 0.2) is 0 Å². The maximum Gasteiger partial charge on any atom is 0.308 e. The van der Waals surface area contributed by atoms with Crippen LogP contribution in [0, 0.1) is 6.92 Å². The fourth-order valence-electron chi connectivity index (χ4n) is 1.95. The van der Waals surface area contributed by atoms with Gasteiger partial charge in [-0.15, -0.1) is 11.3 Å². The molecule has 0 spiro atoms. The van der Waals surface area contributed by atoms with Gasteiger partial charge in [-0.05, 0) is 19.1 Å². The zero-order chi connectivity index (χ0) is 14.1. The molecular weight excluding hydrogens is 270 g/mol. The van der Waals surface area contributed by atoms with Gasteiger partial charge < -0.3 is 4.74 Å². The van der Waals surface area contributed by atoms with Crippen molar-refractivity contribution < 1.29 is 9.53 Å². The van der Waals surface area contributed by atoms with E-state index in [4.69, 9.17) is 4.74 Å². The second-order valence-corrected chi connectivity index (χ2v) is 5.64. The molecule has 0 unspecified atom stereocenters. The van der Waals surface area contributed by atoms with Gasteiger partial charge in [0, 0.05) is 18.6 Å². The highest BCUT2D eigenvalue weighted by Gasteiger charge is 2.08. The lowest BCUT2D eigenvalue weighted by Crippen LogP contribution is -2.00. The molecule has 0 amide bonds. The number of nitrogens with zero attached hydrogens (tertiary/aromatic N) is 1. The van der Waals surface area contributed by atoms with E-state index >= 15 is 0 Å². The van der Waals surface area contributed by atoms with Gasteiger partial charge in [-0.2, -0.15) is 0 Å². The zero-order valence-electron chi connectivity index (χ0n) is 11.2. The number of thiazole rings is 1. The highest BCUT2D eigenvalue weighted by atomic mass is 32.1. The molecule has 0 saturated heterocycles. The number of carbonyl (C=O) groups excluding carboxylic acids is 1. The van der Waals surface area contributed by atoms with Gasteiger partial charge in [-0.1, -0.05) is 29.8 Å². The van der Waals surface area contributed by atoms with Gasteiger partial charge >= 0.3 is 5.97 Å². The van der Waals surface area contributed by atoms with E-state index in [-0.39, 0.29) is 5.97 Å². The Morgan fingerprint density at radius 1 is 1.15 bits per heavy atom. The molecule has 100 valence electrons. The number of carbonyl (C=O) groups is 1. The Bertz CT molecular complexity index is 775. The van der Waals surface area contributed by atoms with Crippen LogP contribution >= 0.6 is 11.3 Å². The van der Waals surface area contributed by atoms with Crippen molar-refractivity contribution in [2.75, 3.05) is 0 Å². The first-order valence-electron chi connectivity index (χ1n) is 6.28. The Kier molecular flexibility index (Phi) is 3.24. The van der Waals surface area contributed by atoms with E-state index in [1.807, 2.05) is 12.1 Å². The molecule has 0 N–H and O–H groups in total. The Balaban J connectivity index is 2.01. The third kappa shape index (κ3) is 2.56. The normalized spacial score (nSPS) is 10.7. The maximum atomic E-state index is 11.0. The molecule has 1 heterocycles. The fraction of sp³-hybridized carbons (Fsp3) is 0.125. The van der Waals surface area contributed by atoms with Crippen molar-refractivity contribution in [3.05, 3.63) is 48.0 Å². The summed E-state index contributed by atoms with van der Waals surface area (Å²) in [4.78, 5) is 15.6. The zero-order valence-corrected chi connectivity index (χ0v) is 12.0. The maximum absolute atomic E-state index is 11.0. The number of fused-ring (bicyclic) bond motifs is 1. The van der Waals surface area contributed by atoms with E-state index in [2.05, 4.69) is 36.2 Å². The van der Waals surface area contributed by atoms with Crippen LogP contribution in [0.3, 0.4) is 0 Å². The summed E-state index contributed by atoms with van der Waals surface area (Å²) in [5.74, 6) is 0.247. The van der Waals surface area contributed by atoms with Gasteiger partial charge in [0.25, 0.3) is 0 Å². The topological polar surface area (TPSA) is 39.2 Å².